The molecule has 1 aromatic heterocycles. The minimum absolute atomic E-state index is 0.000973. The van der Waals surface area contributed by atoms with Gasteiger partial charge in [0.05, 0.1) is 11.3 Å². The zero-order chi connectivity index (χ0) is 18.5. The summed E-state index contributed by atoms with van der Waals surface area (Å²) >= 11 is 0. The number of piperidine rings is 1. The molecule has 3 rings (SSSR count). The van der Waals surface area contributed by atoms with Gasteiger partial charge in [0.15, 0.2) is 5.78 Å². The van der Waals surface area contributed by atoms with Crippen molar-refractivity contribution < 1.29 is 9.59 Å². The van der Waals surface area contributed by atoms with Gasteiger partial charge in [-0.05, 0) is 45.0 Å². The summed E-state index contributed by atoms with van der Waals surface area (Å²) in [7, 11) is 0. The van der Waals surface area contributed by atoms with Gasteiger partial charge in [0, 0.05) is 29.6 Å². The number of primary amides is 1. The maximum Gasteiger partial charge on any atom is 0.252 e. The molecule has 1 fully saturated rings. The van der Waals surface area contributed by atoms with Crippen LogP contribution in [0.5, 0.6) is 0 Å². The number of hydrogen-bond donors (Lipinski definition) is 4. The van der Waals surface area contributed by atoms with Crippen LogP contribution in [0.15, 0.2) is 36.5 Å². The number of nitrogens with zero attached hydrogens (tertiary/aromatic N) is 1. The molecular weight excluding hydrogens is 330 g/mol. The lowest BCUT2D eigenvalue weighted by Crippen LogP contribution is -2.35. The van der Waals surface area contributed by atoms with Crippen LogP contribution in [0.25, 0.3) is 0 Å². The van der Waals surface area contributed by atoms with Crippen molar-refractivity contribution in [2.75, 3.05) is 23.7 Å². The number of Topliss-reactive ketones (excluding diaryl/α,β-unsaturated/α-hetero) is 1. The van der Waals surface area contributed by atoms with Gasteiger partial charge >= 0.3 is 0 Å². The molecule has 2 heterocycles. The summed E-state index contributed by atoms with van der Waals surface area (Å²) in [6.07, 6.45) is 3.43. The third-order valence-electron chi connectivity index (χ3n) is 4.41. The smallest absolute Gasteiger partial charge is 0.252 e. The molecule has 2 aromatic rings. The minimum atomic E-state index is -0.515. The predicted octanol–water partition coefficient (Wildman–Crippen LogP) is 2.29. The summed E-state index contributed by atoms with van der Waals surface area (Å²) in [5.74, 6) is 0.0603. The number of carbonyl (C=O) groups is 2. The van der Waals surface area contributed by atoms with Gasteiger partial charge in [0.2, 0.25) is 0 Å². The van der Waals surface area contributed by atoms with Crippen molar-refractivity contribution in [1.82, 2.24) is 10.3 Å². The number of pyridine rings is 1. The quantitative estimate of drug-likeness (QED) is 0.593. The van der Waals surface area contributed by atoms with Crippen LogP contribution in [0, 0.1) is 0 Å². The van der Waals surface area contributed by atoms with Gasteiger partial charge in [0.25, 0.3) is 5.91 Å². The molecule has 1 aromatic carbocycles. The fourth-order valence-electron chi connectivity index (χ4n) is 2.99. The topological polar surface area (TPSA) is 109 Å². The van der Waals surface area contributed by atoms with Crippen LogP contribution in [-0.2, 0) is 0 Å². The molecule has 5 N–H and O–H groups in total. The van der Waals surface area contributed by atoms with E-state index in [1.54, 1.807) is 18.2 Å². The minimum Gasteiger partial charge on any atom is -0.381 e. The fraction of sp³-hybridized carbons (Fsp3) is 0.316. The molecule has 0 bridgehead atoms. The number of anilines is 3. The van der Waals surface area contributed by atoms with Crippen LogP contribution in [0.1, 0.15) is 40.5 Å². The molecule has 7 nitrogen and oxygen atoms in total. The van der Waals surface area contributed by atoms with Crippen LogP contribution < -0.4 is 21.7 Å². The van der Waals surface area contributed by atoms with Gasteiger partial charge in [-0.3, -0.25) is 9.59 Å². The Balaban J connectivity index is 1.83. The lowest BCUT2D eigenvalue weighted by atomic mass is 10.1. The van der Waals surface area contributed by atoms with E-state index in [0.717, 1.165) is 31.6 Å². The average molecular weight is 353 g/mol. The molecule has 1 saturated heterocycles. The third kappa shape index (κ3) is 4.37. The summed E-state index contributed by atoms with van der Waals surface area (Å²) in [5.41, 5.74) is 7.90. The van der Waals surface area contributed by atoms with Gasteiger partial charge in [0.1, 0.15) is 5.82 Å². The lowest BCUT2D eigenvalue weighted by molar-refractivity contribution is 0.0996. The Kier molecular flexibility index (Phi) is 5.48. The van der Waals surface area contributed by atoms with E-state index in [4.69, 9.17) is 5.73 Å². The van der Waals surface area contributed by atoms with Crippen molar-refractivity contribution in [2.24, 2.45) is 5.73 Å². The van der Waals surface area contributed by atoms with Crippen molar-refractivity contribution in [1.29, 1.82) is 0 Å². The molecule has 1 aliphatic rings. The first-order valence-electron chi connectivity index (χ1n) is 8.68. The van der Waals surface area contributed by atoms with Crippen molar-refractivity contribution in [3.8, 4) is 0 Å². The summed E-state index contributed by atoms with van der Waals surface area (Å²) in [4.78, 5) is 27.5. The highest BCUT2D eigenvalue weighted by Crippen LogP contribution is 2.24. The number of nitrogens with two attached hydrogens (primary N) is 1. The molecule has 26 heavy (non-hydrogen) atoms. The summed E-state index contributed by atoms with van der Waals surface area (Å²) < 4.78 is 0. The lowest BCUT2D eigenvalue weighted by Gasteiger charge is -2.25. The highest BCUT2D eigenvalue weighted by atomic mass is 16.1. The van der Waals surface area contributed by atoms with Crippen molar-refractivity contribution in [3.05, 3.63) is 47.7 Å². The molecule has 0 radical (unpaired) electrons. The molecule has 0 aliphatic carbocycles. The fourth-order valence-corrected chi connectivity index (χ4v) is 2.99. The van der Waals surface area contributed by atoms with Crippen LogP contribution in [0.3, 0.4) is 0 Å². The second kappa shape index (κ2) is 7.97. The zero-order valence-electron chi connectivity index (χ0n) is 14.7. The highest BCUT2D eigenvalue weighted by molar-refractivity contribution is 5.99. The SMILES string of the molecule is CC(=O)c1cccc(Nc2cc(NC3CCNCC3)c(C(N)=O)cn2)c1. The van der Waals surface area contributed by atoms with Crippen molar-refractivity contribution in [3.63, 3.8) is 0 Å². The number of aromatic nitrogens is 1. The number of nitrogens with one attached hydrogen (secondary N) is 3. The first-order chi connectivity index (χ1) is 12.5. The Morgan fingerprint density at radius 3 is 2.69 bits per heavy atom. The van der Waals surface area contributed by atoms with Crippen LogP contribution >= 0.6 is 0 Å². The standard InChI is InChI=1S/C19H23N5O2/c1-12(25)13-3-2-4-15(9-13)24-18-10-17(16(11-22-18)19(20)26)23-14-5-7-21-8-6-14/h2-4,9-11,14,21H,5-8H2,1H3,(H2,20,26)(H2,22,23,24). The first-order valence-corrected chi connectivity index (χ1v) is 8.68. The van der Waals surface area contributed by atoms with Crippen LogP contribution in [-0.4, -0.2) is 35.8 Å². The molecular formula is C19H23N5O2. The predicted molar refractivity (Wildman–Crippen MR) is 102 cm³/mol. The Morgan fingerprint density at radius 2 is 2.00 bits per heavy atom. The second-order valence-corrected chi connectivity index (χ2v) is 6.41. The number of amides is 1. The van der Waals surface area contributed by atoms with Crippen molar-refractivity contribution >= 4 is 28.9 Å². The van der Waals surface area contributed by atoms with E-state index in [2.05, 4.69) is 20.9 Å². The van der Waals surface area contributed by atoms with Crippen LogP contribution in [0.4, 0.5) is 17.2 Å². The summed E-state index contributed by atoms with van der Waals surface area (Å²) in [5, 5.41) is 9.90. The molecule has 0 unspecified atom stereocenters. The summed E-state index contributed by atoms with van der Waals surface area (Å²) in [6.45, 7) is 3.41. The molecule has 1 aliphatic heterocycles. The number of ketones is 1. The van der Waals surface area contributed by atoms with Crippen molar-refractivity contribution in [2.45, 2.75) is 25.8 Å². The molecule has 0 spiro atoms. The Morgan fingerprint density at radius 1 is 1.23 bits per heavy atom. The first kappa shape index (κ1) is 17.9. The number of carbonyl (C=O) groups excluding carboxylic acids is 2. The van der Waals surface area contributed by atoms with E-state index in [9.17, 15) is 9.59 Å². The Labute approximate surface area is 152 Å². The highest BCUT2D eigenvalue weighted by Gasteiger charge is 2.17. The molecule has 0 atom stereocenters. The molecule has 136 valence electrons. The zero-order valence-corrected chi connectivity index (χ0v) is 14.7. The molecule has 7 heteroatoms. The van der Waals surface area contributed by atoms with Gasteiger partial charge in [-0.2, -0.15) is 0 Å². The third-order valence-corrected chi connectivity index (χ3v) is 4.41. The Hall–Kier alpha value is -2.93. The molecule has 0 saturated carbocycles. The van der Waals surface area contributed by atoms with E-state index in [1.165, 1.54) is 13.1 Å². The largest absolute Gasteiger partial charge is 0.381 e. The second-order valence-electron chi connectivity index (χ2n) is 6.41. The maximum absolute atomic E-state index is 11.7. The number of rotatable bonds is 6. The normalized spacial score (nSPS) is 14.7. The van der Waals surface area contributed by atoms with Gasteiger partial charge in [-0.25, -0.2) is 4.98 Å². The number of hydrogen-bond acceptors (Lipinski definition) is 6. The van der Waals surface area contributed by atoms with E-state index >= 15 is 0 Å². The molecule has 1 amide bonds. The van der Waals surface area contributed by atoms with Gasteiger partial charge < -0.3 is 21.7 Å². The Bertz CT molecular complexity index is 815. The average Bonchev–Trinajstić information content (AvgIpc) is 2.63. The van der Waals surface area contributed by atoms with Gasteiger partial charge in [-0.1, -0.05) is 12.1 Å². The van der Waals surface area contributed by atoms with Gasteiger partial charge in [-0.15, -0.1) is 0 Å². The van der Waals surface area contributed by atoms with E-state index in [1.807, 2.05) is 12.1 Å². The van der Waals surface area contributed by atoms with Crippen LogP contribution in [0.2, 0.25) is 0 Å². The van der Waals surface area contributed by atoms with E-state index in [0.29, 0.717) is 22.6 Å². The van der Waals surface area contributed by atoms with E-state index < -0.39 is 5.91 Å². The summed E-state index contributed by atoms with van der Waals surface area (Å²) in [6, 6.07) is 9.27. The monoisotopic (exact) mass is 353 g/mol. The number of benzene rings is 1. The van der Waals surface area contributed by atoms with E-state index in [-0.39, 0.29) is 11.8 Å². The maximum atomic E-state index is 11.7.